The summed E-state index contributed by atoms with van der Waals surface area (Å²) in [6.45, 7) is 2.69. The number of nitrogens with one attached hydrogen (secondary N) is 1. The van der Waals surface area contributed by atoms with Gasteiger partial charge in [-0.1, -0.05) is 6.92 Å². The van der Waals surface area contributed by atoms with Gasteiger partial charge in [0.2, 0.25) is 5.91 Å². The Balaban J connectivity index is 2.00. The van der Waals surface area contributed by atoms with Gasteiger partial charge < -0.3 is 20.7 Å². The molecule has 1 aromatic rings. The van der Waals surface area contributed by atoms with Crippen molar-refractivity contribution in [2.75, 3.05) is 7.05 Å². The van der Waals surface area contributed by atoms with Crippen LogP contribution in [0.25, 0.3) is 5.53 Å². The van der Waals surface area contributed by atoms with Crippen molar-refractivity contribution in [3.05, 3.63) is 40.3 Å². The summed E-state index contributed by atoms with van der Waals surface area (Å²) in [6, 6.07) is 5.56. The van der Waals surface area contributed by atoms with Crippen molar-refractivity contribution in [3.8, 4) is 0 Å². The zero-order chi connectivity index (χ0) is 21.0. The molecule has 4 atom stereocenters. The van der Waals surface area contributed by atoms with Gasteiger partial charge in [0.25, 0.3) is 11.5 Å². The van der Waals surface area contributed by atoms with Crippen LogP contribution in [-0.4, -0.2) is 57.2 Å². The minimum Gasteiger partial charge on any atom is -0.452 e. The Morgan fingerprint density at radius 1 is 1.32 bits per heavy atom. The maximum absolute atomic E-state index is 12.5. The highest BCUT2D eigenvalue weighted by Gasteiger charge is 2.50. The molecule has 0 aromatic heterocycles. The predicted octanol–water partition coefficient (Wildman–Crippen LogP) is 0.141. The van der Waals surface area contributed by atoms with Crippen LogP contribution in [0.15, 0.2) is 24.3 Å². The minimum absolute atomic E-state index is 0.196. The van der Waals surface area contributed by atoms with E-state index in [1.54, 1.807) is 24.3 Å². The quantitative estimate of drug-likeness (QED) is 0.123. The van der Waals surface area contributed by atoms with Crippen molar-refractivity contribution in [1.29, 1.82) is 0 Å². The average molecular weight is 389 g/mol. The number of esters is 1. The molecule has 28 heavy (non-hydrogen) atoms. The van der Waals surface area contributed by atoms with Gasteiger partial charge in [0, 0.05) is 27.7 Å². The van der Waals surface area contributed by atoms with Gasteiger partial charge in [-0.15, -0.1) is 0 Å². The standard InChI is InChI=1S/C18H20N4O6/c1-9(14-13(10(2)23)17(25)20-14)16(24)15(21-19)18(26)28-8-11-4-6-12(7-5-11)22(3)27/h4-7,9-10,13-14,23H,8H2,1-3H3/p+1/t9-,10-,13-,14-/m1/s1. The molecular weight excluding hydrogens is 368 g/mol. The van der Waals surface area contributed by atoms with Gasteiger partial charge in [0.1, 0.15) is 6.61 Å². The number of hydrogen-bond donors (Lipinski definition) is 2. The zero-order valence-electron chi connectivity index (χ0n) is 15.7. The fourth-order valence-electron chi connectivity index (χ4n) is 2.96. The van der Waals surface area contributed by atoms with Crippen LogP contribution in [0, 0.1) is 16.7 Å². The second kappa shape index (κ2) is 8.64. The smallest absolute Gasteiger partial charge is 0.441 e. The molecule has 1 aliphatic heterocycles. The number of nitroso groups, excluding NO2 is 1. The van der Waals surface area contributed by atoms with Crippen molar-refractivity contribution >= 4 is 29.1 Å². The highest BCUT2D eigenvalue weighted by Crippen LogP contribution is 2.26. The highest BCUT2D eigenvalue weighted by atomic mass is 16.5. The number of hydrogen-bond acceptors (Lipinski definition) is 6. The number of ketones is 1. The second-order valence-corrected chi connectivity index (χ2v) is 6.64. The van der Waals surface area contributed by atoms with Crippen LogP contribution in [0.3, 0.4) is 0 Å². The first-order valence-electron chi connectivity index (χ1n) is 8.59. The van der Waals surface area contributed by atoms with Gasteiger partial charge in [0.05, 0.1) is 18.1 Å². The highest BCUT2D eigenvalue weighted by molar-refractivity contribution is 6.62. The van der Waals surface area contributed by atoms with Crippen LogP contribution < -0.4 is 5.32 Å². The van der Waals surface area contributed by atoms with Gasteiger partial charge in [-0.25, -0.2) is 4.79 Å². The average Bonchev–Trinajstić information content (AvgIpc) is 2.63. The van der Waals surface area contributed by atoms with Crippen LogP contribution in [0.4, 0.5) is 5.69 Å². The van der Waals surface area contributed by atoms with Crippen LogP contribution >= 0.6 is 0 Å². The number of ether oxygens (including phenoxy) is 1. The largest absolute Gasteiger partial charge is 0.452 e. The first kappa shape index (κ1) is 21.1. The van der Waals surface area contributed by atoms with Gasteiger partial charge in [-0.3, -0.25) is 9.59 Å². The Hall–Kier alpha value is -3.23. The fraction of sp³-hybridized carbons (Fsp3) is 0.444. The molecule has 0 saturated carbocycles. The SMILES string of the molecule is C[C@@H](O)[C@H]1C(=O)N[C@@H]1[C@@H](C)C(=O)C(=[N+]=[N-])C(=O)OCc1ccc([N+](C)=O)cc1. The van der Waals surface area contributed by atoms with Gasteiger partial charge in [0.15, 0.2) is 7.05 Å². The molecule has 1 saturated heterocycles. The number of carbonyl (C=O) groups is 3. The summed E-state index contributed by atoms with van der Waals surface area (Å²) in [5.74, 6) is -4.01. The fourth-order valence-corrected chi connectivity index (χ4v) is 2.96. The van der Waals surface area contributed by atoms with E-state index in [9.17, 15) is 24.4 Å². The van der Waals surface area contributed by atoms with Crippen LogP contribution in [0.2, 0.25) is 0 Å². The maximum Gasteiger partial charge on any atom is 0.441 e. The number of Topliss-reactive ketones (excluding diaryl/α,β-unsaturated/α-hetero) is 1. The molecule has 148 valence electrons. The number of carbonyl (C=O) groups excluding carboxylic acids is 3. The number of rotatable bonds is 8. The van der Waals surface area contributed by atoms with Gasteiger partial charge >= 0.3 is 11.7 Å². The predicted molar refractivity (Wildman–Crippen MR) is 95.3 cm³/mol. The van der Waals surface area contributed by atoms with E-state index in [-0.39, 0.29) is 6.61 Å². The summed E-state index contributed by atoms with van der Waals surface area (Å²) in [7, 11) is 1.35. The summed E-state index contributed by atoms with van der Waals surface area (Å²) in [5.41, 5.74) is 9.29. The second-order valence-electron chi connectivity index (χ2n) is 6.64. The van der Waals surface area contributed by atoms with E-state index in [2.05, 4.69) is 10.1 Å². The lowest BCUT2D eigenvalue weighted by molar-refractivity contribution is -0.428. The van der Waals surface area contributed by atoms with Crippen molar-refractivity contribution in [3.63, 3.8) is 0 Å². The Morgan fingerprint density at radius 2 is 1.93 bits per heavy atom. The van der Waals surface area contributed by atoms with Crippen molar-refractivity contribution < 1.29 is 33.8 Å². The summed E-state index contributed by atoms with van der Waals surface area (Å²) in [4.78, 5) is 50.1. The van der Waals surface area contributed by atoms with E-state index >= 15 is 0 Å². The summed E-state index contributed by atoms with van der Waals surface area (Å²) >= 11 is 0. The topological polar surface area (TPSA) is 149 Å². The molecule has 1 heterocycles. The first-order valence-corrected chi connectivity index (χ1v) is 8.59. The molecule has 1 aliphatic rings. The number of benzene rings is 1. The van der Waals surface area contributed by atoms with E-state index in [0.717, 1.165) is 0 Å². The number of aliphatic hydroxyl groups is 1. The van der Waals surface area contributed by atoms with Crippen LogP contribution in [-0.2, 0) is 25.7 Å². The molecule has 2 rings (SSSR count). The number of amides is 1. The van der Waals surface area contributed by atoms with E-state index in [1.165, 1.54) is 20.9 Å². The van der Waals surface area contributed by atoms with Crippen LogP contribution in [0.5, 0.6) is 0 Å². The molecule has 0 unspecified atom stereocenters. The lowest BCUT2D eigenvalue weighted by Gasteiger charge is -2.40. The minimum atomic E-state index is -1.12. The van der Waals surface area contributed by atoms with Crippen molar-refractivity contribution in [2.45, 2.75) is 32.6 Å². The first-order chi connectivity index (χ1) is 13.2. The summed E-state index contributed by atoms with van der Waals surface area (Å²) in [6.07, 6.45) is -0.966. The van der Waals surface area contributed by atoms with Gasteiger partial charge in [-0.2, -0.15) is 4.79 Å². The van der Waals surface area contributed by atoms with Gasteiger partial charge in [-0.05, 0) is 24.6 Å². The molecule has 1 amide bonds. The third-order valence-electron chi connectivity index (χ3n) is 4.67. The number of nitrogens with zero attached hydrogens (tertiary/aromatic N) is 3. The lowest BCUT2D eigenvalue weighted by Crippen LogP contribution is -2.66. The molecule has 10 nitrogen and oxygen atoms in total. The molecule has 1 aromatic carbocycles. The number of β-lactam (4-membered cyclic amide) rings is 1. The molecule has 1 fully saturated rings. The Kier molecular flexibility index (Phi) is 6.50. The molecule has 10 heteroatoms. The molecule has 0 radical (unpaired) electrons. The monoisotopic (exact) mass is 389 g/mol. The van der Waals surface area contributed by atoms with E-state index < -0.39 is 47.4 Å². The van der Waals surface area contributed by atoms with Crippen LogP contribution in [0.1, 0.15) is 19.4 Å². The third-order valence-corrected chi connectivity index (χ3v) is 4.67. The molecule has 2 N–H and O–H groups in total. The Bertz CT molecular complexity index is 857. The summed E-state index contributed by atoms with van der Waals surface area (Å²) in [5, 5.41) is 12.2. The molecule has 0 bridgehead atoms. The number of aliphatic hydroxyl groups excluding tert-OH is 1. The normalized spacial score (nSPS) is 20.1. The molecule has 0 spiro atoms. The Morgan fingerprint density at radius 3 is 2.39 bits per heavy atom. The molecule has 0 aliphatic carbocycles. The van der Waals surface area contributed by atoms with E-state index in [1.807, 2.05) is 0 Å². The van der Waals surface area contributed by atoms with E-state index in [4.69, 9.17) is 10.3 Å². The molecular formula is C18H21N4O6+. The zero-order valence-corrected chi connectivity index (χ0v) is 15.7. The summed E-state index contributed by atoms with van der Waals surface area (Å²) < 4.78 is 5.67. The maximum atomic E-state index is 12.5. The lowest BCUT2D eigenvalue weighted by atomic mass is 9.76. The van der Waals surface area contributed by atoms with Crippen molar-refractivity contribution in [2.24, 2.45) is 11.8 Å². The van der Waals surface area contributed by atoms with Crippen molar-refractivity contribution in [1.82, 2.24) is 5.32 Å². The Labute approximate surface area is 160 Å². The van der Waals surface area contributed by atoms with E-state index in [0.29, 0.717) is 16.0 Å². The third kappa shape index (κ3) is 4.36.